The van der Waals surface area contributed by atoms with Crippen molar-refractivity contribution in [1.29, 1.82) is 0 Å². The number of carbonyl (C=O) groups excluding carboxylic acids is 2. The summed E-state index contributed by atoms with van der Waals surface area (Å²) in [5.41, 5.74) is 12.8. The van der Waals surface area contributed by atoms with Crippen LogP contribution in [-0.2, 0) is 4.79 Å². The number of benzene rings is 1. The zero-order valence-corrected chi connectivity index (χ0v) is 18.6. The maximum atomic E-state index is 12.2. The molecule has 176 valence electrons. The van der Waals surface area contributed by atoms with E-state index in [1.165, 1.54) is 18.2 Å². The highest BCUT2D eigenvalue weighted by molar-refractivity contribution is 5.93. The summed E-state index contributed by atoms with van der Waals surface area (Å²) < 4.78 is 1.80. The molecule has 1 aromatic carbocycles. The normalized spacial score (nSPS) is 21.7. The molecule has 2 amide bonds. The monoisotopic (exact) mass is 462 g/mol. The molecule has 1 aliphatic carbocycles. The Morgan fingerprint density at radius 2 is 2.03 bits per heavy atom. The first-order valence-corrected chi connectivity index (χ1v) is 10.8. The number of anilines is 1. The van der Waals surface area contributed by atoms with Crippen LogP contribution in [0.1, 0.15) is 35.3 Å². The van der Waals surface area contributed by atoms with Gasteiger partial charge >= 0.3 is 0 Å². The Morgan fingerprint density at radius 3 is 2.76 bits per heavy atom. The minimum atomic E-state index is -1.03. The van der Waals surface area contributed by atoms with E-state index in [0.29, 0.717) is 34.4 Å². The first-order chi connectivity index (χ1) is 16.3. The van der Waals surface area contributed by atoms with Crippen molar-refractivity contribution in [3.8, 4) is 11.8 Å². The van der Waals surface area contributed by atoms with E-state index in [9.17, 15) is 19.8 Å². The van der Waals surface area contributed by atoms with Gasteiger partial charge < -0.3 is 31.1 Å². The molecule has 2 aromatic heterocycles. The minimum Gasteiger partial charge on any atom is -0.390 e. The molecule has 0 bridgehead atoms. The van der Waals surface area contributed by atoms with Gasteiger partial charge in [-0.15, -0.1) is 0 Å². The standard InChI is InChI=1S/C24H26N6O4/c1-14(31)29(8-3-5-15-4-2-6-16(10-15)23(26)34)12-17-11-19(21(33)20(17)32)30-9-7-18-22(25)27-13-28-24(18)30/h2,4,6-7,9-10,13,17,19-21,32-33H,8,11-12H2,1H3,(H2,26,34)(H2,25,27,28)/t17-,19?,20-,21+/m1/s1. The summed E-state index contributed by atoms with van der Waals surface area (Å²) in [5, 5.41) is 22.2. The van der Waals surface area contributed by atoms with Crippen molar-refractivity contribution in [2.45, 2.75) is 31.6 Å². The molecule has 6 N–H and O–H groups in total. The van der Waals surface area contributed by atoms with E-state index in [-0.39, 0.29) is 24.9 Å². The summed E-state index contributed by atoms with van der Waals surface area (Å²) in [6, 6.07) is 7.98. The summed E-state index contributed by atoms with van der Waals surface area (Å²) >= 11 is 0. The van der Waals surface area contributed by atoms with Crippen LogP contribution in [0.3, 0.4) is 0 Å². The van der Waals surface area contributed by atoms with E-state index < -0.39 is 24.2 Å². The largest absolute Gasteiger partial charge is 0.390 e. The highest BCUT2D eigenvalue weighted by atomic mass is 16.3. The zero-order chi connectivity index (χ0) is 24.4. The lowest BCUT2D eigenvalue weighted by atomic mass is 10.0. The number of nitrogen functional groups attached to an aromatic ring is 1. The SMILES string of the molecule is CC(=O)N(CC#Cc1cccc(C(N)=O)c1)C[C@H]1CC(n2ccc3c(N)ncnc32)[C@H](O)[C@@H]1O. The first kappa shape index (κ1) is 23.2. The molecule has 0 aliphatic heterocycles. The molecule has 4 rings (SSSR count). The molecule has 10 nitrogen and oxygen atoms in total. The van der Waals surface area contributed by atoms with Crippen LogP contribution in [0.2, 0.25) is 0 Å². The Balaban J connectivity index is 1.48. The lowest BCUT2D eigenvalue weighted by Gasteiger charge is -2.24. The summed E-state index contributed by atoms with van der Waals surface area (Å²) in [6.45, 7) is 1.80. The van der Waals surface area contributed by atoms with Crippen LogP contribution in [0.5, 0.6) is 0 Å². The molecule has 0 spiro atoms. The van der Waals surface area contributed by atoms with Crippen molar-refractivity contribution in [3.63, 3.8) is 0 Å². The highest BCUT2D eigenvalue weighted by Crippen LogP contribution is 2.38. The second-order valence-electron chi connectivity index (χ2n) is 8.41. The van der Waals surface area contributed by atoms with Gasteiger partial charge in [0.2, 0.25) is 11.8 Å². The van der Waals surface area contributed by atoms with E-state index in [0.717, 1.165) is 0 Å². The van der Waals surface area contributed by atoms with E-state index in [2.05, 4.69) is 21.8 Å². The third kappa shape index (κ3) is 4.57. The van der Waals surface area contributed by atoms with E-state index in [4.69, 9.17) is 11.5 Å². The Morgan fingerprint density at radius 1 is 1.24 bits per heavy atom. The third-order valence-corrected chi connectivity index (χ3v) is 6.22. The Labute approximate surface area is 196 Å². The molecule has 34 heavy (non-hydrogen) atoms. The number of carbonyl (C=O) groups is 2. The molecule has 1 saturated carbocycles. The lowest BCUT2D eigenvalue weighted by molar-refractivity contribution is -0.129. The van der Waals surface area contributed by atoms with Crippen LogP contribution in [0, 0.1) is 17.8 Å². The fourth-order valence-corrected chi connectivity index (χ4v) is 4.39. The molecule has 0 radical (unpaired) electrons. The fourth-order valence-electron chi connectivity index (χ4n) is 4.39. The van der Waals surface area contributed by atoms with Crippen molar-refractivity contribution in [1.82, 2.24) is 19.4 Å². The van der Waals surface area contributed by atoms with Gasteiger partial charge in [0.05, 0.1) is 24.1 Å². The molecule has 1 fully saturated rings. The van der Waals surface area contributed by atoms with Gasteiger partial charge in [0, 0.05) is 36.7 Å². The van der Waals surface area contributed by atoms with E-state index in [1.807, 2.05) is 0 Å². The van der Waals surface area contributed by atoms with Crippen molar-refractivity contribution in [2.24, 2.45) is 11.7 Å². The first-order valence-electron chi connectivity index (χ1n) is 10.8. The molecule has 10 heteroatoms. The number of hydrogen-bond acceptors (Lipinski definition) is 7. The molecule has 3 aromatic rings. The Hall–Kier alpha value is -3.94. The van der Waals surface area contributed by atoms with Gasteiger partial charge in [-0.3, -0.25) is 9.59 Å². The van der Waals surface area contributed by atoms with E-state index >= 15 is 0 Å². The van der Waals surface area contributed by atoms with Crippen LogP contribution in [-0.4, -0.2) is 66.8 Å². The van der Waals surface area contributed by atoms with Gasteiger partial charge in [0.25, 0.3) is 0 Å². The molecule has 1 unspecified atom stereocenters. The van der Waals surface area contributed by atoms with Crippen molar-refractivity contribution in [3.05, 3.63) is 54.0 Å². The summed E-state index contributed by atoms with van der Waals surface area (Å²) in [4.78, 5) is 33.4. The van der Waals surface area contributed by atoms with E-state index in [1.54, 1.807) is 41.1 Å². The van der Waals surface area contributed by atoms with Crippen LogP contribution in [0.15, 0.2) is 42.9 Å². The van der Waals surface area contributed by atoms with Crippen molar-refractivity contribution in [2.75, 3.05) is 18.8 Å². The topological polar surface area (TPSA) is 161 Å². The van der Waals surface area contributed by atoms with Crippen molar-refractivity contribution >= 4 is 28.7 Å². The molecule has 4 atom stereocenters. The number of aromatic nitrogens is 3. The van der Waals surface area contributed by atoms with Crippen LogP contribution in [0.25, 0.3) is 11.0 Å². The molecule has 0 saturated heterocycles. The zero-order valence-electron chi connectivity index (χ0n) is 18.6. The number of amides is 2. The lowest BCUT2D eigenvalue weighted by Crippen LogP contribution is -2.38. The third-order valence-electron chi connectivity index (χ3n) is 6.22. The average molecular weight is 463 g/mol. The Bertz CT molecular complexity index is 1290. The molecular formula is C24H26N6O4. The minimum absolute atomic E-state index is 0.135. The number of fused-ring (bicyclic) bond motifs is 1. The van der Waals surface area contributed by atoms with Gasteiger partial charge in [-0.1, -0.05) is 17.9 Å². The van der Waals surface area contributed by atoms with Gasteiger partial charge in [0.15, 0.2) is 0 Å². The van der Waals surface area contributed by atoms with Gasteiger partial charge in [0.1, 0.15) is 23.9 Å². The number of hydrogen-bond donors (Lipinski definition) is 4. The predicted molar refractivity (Wildman–Crippen MR) is 125 cm³/mol. The highest BCUT2D eigenvalue weighted by Gasteiger charge is 2.43. The fraction of sp³-hybridized carbons (Fsp3) is 0.333. The van der Waals surface area contributed by atoms with Gasteiger partial charge in [-0.05, 0) is 30.7 Å². The van der Waals surface area contributed by atoms with Crippen molar-refractivity contribution < 1.29 is 19.8 Å². The predicted octanol–water partition coefficient (Wildman–Crippen LogP) is 0.295. The smallest absolute Gasteiger partial charge is 0.248 e. The number of primary amides is 1. The Kier molecular flexibility index (Phi) is 6.49. The van der Waals surface area contributed by atoms with Crippen LogP contribution in [0.4, 0.5) is 5.82 Å². The van der Waals surface area contributed by atoms with Gasteiger partial charge in [-0.2, -0.15) is 0 Å². The summed E-state index contributed by atoms with van der Waals surface area (Å²) in [6.07, 6.45) is 1.51. The summed E-state index contributed by atoms with van der Waals surface area (Å²) in [5.74, 6) is 5.12. The quantitative estimate of drug-likeness (QED) is 0.396. The van der Waals surface area contributed by atoms with Gasteiger partial charge in [-0.25, -0.2) is 9.97 Å². The van der Waals surface area contributed by atoms with Crippen LogP contribution < -0.4 is 11.5 Å². The number of nitrogens with two attached hydrogens (primary N) is 2. The second kappa shape index (κ2) is 9.51. The number of aliphatic hydroxyl groups is 2. The maximum absolute atomic E-state index is 12.2. The molecular weight excluding hydrogens is 436 g/mol. The second-order valence-corrected chi connectivity index (χ2v) is 8.41. The average Bonchev–Trinajstić information content (AvgIpc) is 3.35. The summed E-state index contributed by atoms with van der Waals surface area (Å²) in [7, 11) is 0. The molecule has 2 heterocycles. The van der Waals surface area contributed by atoms with Crippen LogP contribution >= 0.6 is 0 Å². The molecule has 1 aliphatic rings. The maximum Gasteiger partial charge on any atom is 0.248 e. The number of nitrogens with zero attached hydrogens (tertiary/aromatic N) is 4. The number of rotatable bonds is 5. The number of aliphatic hydroxyl groups excluding tert-OH is 2.